The number of hydrogen-bond donors (Lipinski definition) is 4. The Hall–Kier alpha value is -2.87. The van der Waals surface area contributed by atoms with Crippen molar-refractivity contribution in [3.8, 4) is 0 Å². The first-order valence-electron chi connectivity index (χ1n) is 9.97. The molecule has 8 nitrogen and oxygen atoms in total. The average Bonchev–Trinajstić information content (AvgIpc) is 2.98. The van der Waals surface area contributed by atoms with Crippen molar-refractivity contribution in [2.24, 2.45) is 11.8 Å². The van der Waals surface area contributed by atoms with Gasteiger partial charge in [0.2, 0.25) is 5.91 Å². The van der Waals surface area contributed by atoms with Gasteiger partial charge >= 0.3 is 12.0 Å². The van der Waals surface area contributed by atoms with Gasteiger partial charge in [0.15, 0.2) is 0 Å². The zero-order valence-corrected chi connectivity index (χ0v) is 16.2. The van der Waals surface area contributed by atoms with Gasteiger partial charge in [0.05, 0.1) is 24.1 Å². The summed E-state index contributed by atoms with van der Waals surface area (Å²) in [5.74, 6) is -2.25. The molecule has 0 spiro atoms. The van der Waals surface area contributed by atoms with E-state index in [1.807, 2.05) is 30.3 Å². The molecule has 0 bridgehead atoms. The number of aliphatic hydroxyl groups is 1. The Kier molecular flexibility index (Phi) is 5.04. The van der Waals surface area contributed by atoms with E-state index in [0.29, 0.717) is 18.5 Å². The number of amides is 3. The number of aliphatic hydroxyl groups excluding tert-OH is 1. The Balaban J connectivity index is 1.52. The van der Waals surface area contributed by atoms with E-state index in [4.69, 9.17) is 0 Å². The van der Waals surface area contributed by atoms with Crippen LogP contribution < -0.4 is 10.6 Å². The number of fused-ring (bicyclic) bond motifs is 3. The number of urea groups is 1. The monoisotopic (exact) mass is 399 g/mol. The molecule has 1 saturated heterocycles. The molecular formula is C21H25N3O5. The van der Waals surface area contributed by atoms with Crippen LogP contribution in [0.3, 0.4) is 0 Å². The fourth-order valence-electron chi connectivity index (χ4n) is 5.02. The van der Waals surface area contributed by atoms with E-state index in [1.165, 1.54) is 4.90 Å². The van der Waals surface area contributed by atoms with Gasteiger partial charge in [0.1, 0.15) is 5.70 Å². The molecule has 2 fully saturated rings. The van der Waals surface area contributed by atoms with Crippen molar-refractivity contribution in [2.75, 3.05) is 0 Å². The molecule has 2 aliphatic heterocycles. The maximum atomic E-state index is 12.5. The molecule has 4 rings (SSSR count). The summed E-state index contributed by atoms with van der Waals surface area (Å²) in [7, 11) is 0. The summed E-state index contributed by atoms with van der Waals surface area (Å²) >= 11 is 0. The summed E-state index contributed by atoms with van der Waals surface area (Å²) < 4.78 is 0. The summed E-state index contributed by atoms with van der Waals surface area (Å²) in [6.07, 6.45) is 1.35. The fraction of sp³-hybridized carbons (Fsp3) is 0.476. The van der Waals surface area contributed by atoms with Crippen molar-refractivity contribution in [1.29, 1.82) is 0 Å². The predicted octanol–water partition coefficient (Wildman–Crippen LogP) is 1.21. The highest BCUT2D eigenvalue weighted by atomic mass is 16.4. The van der Waals surface area contributed by atoms with E-state index in [9.17, 15) is 24.6 Å². The third-order valence-electron chi connectivity index (χ3n) is 6.22. The zero-order chi connectivity index (χ0) is 20.7. The Morgan fingerprint density at radius 3 is 2.62 bits per heavy atom. The maximum absolute atomic E-state index is 12.5. The van der Waals surface area contributed by atoms with Crippen molar-refractivity contribution < 1.29 is 24.6 Å². The number of benzene rings is 1. The van der Waals surface area contributed by atoms with Gasteiger partial charge in [-0.3, -0.25) is 4.79 Å². The molecule has 154 valence electrons. The van der Waals surface area contributed by atoms with Crippen molar-refractivity contribution >= 4 is 17.9 Å². The van der Waals surface area contributed by atoms with Crippen LogP contribution in [0.15, 0.2) is 41.6 Å². The number of aliphatic carboxylic acids is 1. The second-order valence-corrected chi connectivity index (χ2v) is 7.98. The van der Waals surface area contributed by atoms with Gasteiger partial charge in [-0.25, -0.2) is 9.59 Å². The summed E-state index contributed by atoms with van der Waals surface area (Å²) in [5, 5.41) is 25.5. The molecule has 3 aliphatic rings. The van der Waals surface area contributed by atoms with Gasteiger partial charge in [-0.1, -0.05) is 36.8 Å². The van der Waals surface area contributed by atoms with Gasteiger partial charge in [-0.15, -0.1) is 0 Å². The van der Waals surface area contributed by atoms with E-state index in [2.05, 4.69) is 10.6 Å². The first kappa shape index (κ1) is 19.4. The van der Waals surface area contributed by atoms with Crippen molar-refractivity contribution in [3.63, 3.8) is 0 Å². The first-order chi connectivity index (χ1) is 13.9. The van der Waals surface area contributed by atoms with Crippen molar-refractivity contribution in [1.82, 2.24) is 15.5 Å². The molecule has 3 amide bonds. The number of nitrogens with zero attached hydrogens (tertiary/aromatic N) is 1. The molecule has 5 atom stereocenters. The van der Waals surface area contributed by atoms with E-state index < -0.39 is 24.0 Å². The van der Waals surface area contributed by atoms with Gasteiger partial charge in [0, 0.05) is 12.5 Å². The average molecular weight is 399 g/mol. The smallest absolute Gasteiger partial charge is 0.352 e. The third kappa shape index (κ3) is 3.27. The standard InChI is InChI=1S/C21H25N3O5/c1-11(25)15-17-13-8-5-9-14(16(13)18(20(27)28)24(17)19(15)26)23-21(29)22-10-12-6-3-2-4-7-12/h2-4,6-7,11,13-15,17,25H,5,8-10H2,1H3,(H,27,28)(H2,22,23,29). The number of hydrogen-bond acceptors (Lipinski definition) is 4. The van der Waals surface area contributed by atoms with Crippen LogP contribution in [0.4, 0.5) is 4.79 Å². The van der Waals surface area contributed by atoms with Crippen LogP contribution in [0.25, 0.3) is 0 Å². The fourth-order valence-corrected chi connectivity index (χ4v) is 5.02. The molecule has 1 aromatic carbocycles. The number of carboxylic acid groups (broad SMARTS) is 1. The normalized spacial score (nSPS) is 28.9. The molecule has 1 aromatic rings. The van der Waals surface area contributed by atoms with Gasteiger partial charge in [0.25, 0.3) is 0 Å². The van der Waals surface area contributed by atoms with E-state index >= 15 is 0 Å². The Morgan fingerprint density at radius 2 is 1.97 bits per heavy atom. The highest BCUT2D eigenvalue weighted by molar-refractivity contribution is 6.00. The number of carboxylic acids is 1. The highest BCUT2D eigenvalue weighted by Gasteiger charge is 2.62. The third-order valence-corrected chi connectivity index (χ3v) is 6.22. The number of carbonyl (C=O) groups excluding carboxylic acids is 2. The molecule has 2 heterocycles. The molecule has 0 aromatic heterocycles. The number of nitrogens with one attached hydrogen (secondary N) is 2. The van der Waals surface area contributed by atoms with Gasteiger partial charge in [-0.2, -0.15) is 0 Å². The maximum Gasteiger partial charge on any atom is 0.352 e. The molecule has 29 heavy (non-hydrogen) atoms. The lowest BCUT2D eigenvalue weighted by molar-refractivity contribution is -0.163. The molecule has 0 radical (unpaired) electrons. The second kappa shape index (κ2) is 7.51. The largest absolute Gasteiger partial charge is 0.477 e. The Bertz CT molecular complexity index is 866. The Labute approximate surface area is 168 Å². The molecule has 1 saturated carbocycles. The summed E-state index contributed by atoms with van der Waals surface area (Å²) in [6, 6.07) is 8.36. The second-order valence-electron chi connectivity index (χ2n) is 7.98. The van der Waals surface area contributed by atoms with Crippen molar-refractivity contribution in [2.45, 2.75) is 50.9 Å². The molecular weight excluding hydrogens is 374 g/mol. The first-order valence-corrected chi connectivity index (χ1v) is 9.97. The summed E-state index contributed by atoms with van der Waals surface area (Å²) in [6.45, 7) is 1.93. The number of rotatable bonds is 5. The van der Waals surface area contributed by atoms with E-state index in [-0.39, 0.29) is 29.6 Å². The number of carbonyl (C=O) groups is 3. The minimum absolute atomic E-state index is 0.0186. The van der Waals surface area contributed by atoms with Crippen LogP contribution in [0, 0.1) is 11.8 Å². The van der Waals surface area contributed by atoms with Crippen molar-refractivity contribution in [3.05, 3.63) is 47.2 Å². The number of β-lactam (4-membered cyclic amide) rings is 1. The topological polar surface area (TPSA) is 119 Å². The predicted molar refractivity (Wildman–Crippen MR) is 103 cm³/mol. The SMILES string of the molecule is CC(O)C1C(=O)N2C(C(=O)O)=C3C(NC(=O)NCc4ccccc4)CCCC3C12. The lowest BCUT2D eigenvalue weighted by Crippen LogP contribution is -2.64. The Morgan fingerprint density at radius 1 is 1.24 bits per heavy atom. The molecule has 8 heteroatoms. The highest BCUT2D eigenvalue weighted by Crippen LogP contribution is 2.52. The summed E-state index contributed by atoms with van der Waals surface area (Å²) in [4.78, 5) is 38.2. The molecule has 4 N–H and O–H groups in total. The minimum atomic E-state index is -1.16. The van der Waals surface area contributed by atoms with E-state index in [1.54, 1.807) is 6.92 Å². The minimum Gasteiger partial charge on any atom is -0.477 e. The molecule has 1 aliphatic carbocycles. The lowest BCUT2D eigenvalue weighted by Gasteiger charge is -2.47. The summed E-state index contributed by atoms with van der Waals surface area (Å²) in [5.41, 5.74) is 1.56. The van der Waals surface area contributed by atoms with E-state index in [0.717, 1.165) is 18.4 Å². The quantitative estimate of drug-likeness (QED) is 0.555. The van der Waals surface area contributed by atoms with Gasteiger partial charge in [-0.05, 0) is 30.9 Å². The van der Waals surface area contributed by atoms with Crippen LogP contribution in [-0.2, 0) is 16.1 Å². The van der Waals surface area contributed by atoms with Crippen LogP contribution in [-0.4, -0.2) is 51.2 Å². The molecule has 5 unspecified atom stereocenters. The van der Waals surface area contributed by atoms with Crippen LogP contribution in [0.5, 0.6) is 0 Å². The lowest BCUT2D eigenvalue weighted by atomic mass is 9.71. The van der Waals surface area contributed by atoms with Gasteiger partial charge < -0.3 is 25.7 Å². The van der Waals surface area contributed by atoms with Crippen LogP contribution in [0.2, 0.25) is 0 Å². The van der Waals surface area contributed by atoms with Crippen LogP contribution in [0.1, 0.15) is 31.7 Å². The zero-order valence-electron chi connectivity index (χ0n) is 16.2. The van der Waals surface area contributed by atoms with Crippen LogP contribution >= 0.6 is 0 Å².